The Morgan fingerprint density at radius 1 is 1.16 bits per heavy atom. The number of ether oxygens (including phenoxy) is 1. The summed E-state index contributed by atoms with van der Waals surface area (Å²) >= 11 is 1.34. The van der Waals surface area contributed by atoms with Crippen molar-refractivity contribution < 1.29 is 18.3 Å². The minimum atomic E-state index is -0.706. The van der Waals surface area contributed by atoms with Gasteiger partial charge in [-0.1, -0.05) is 0 Å². The summed E-state index contributed by atoms with van der Waals surface area (Å²) in [5, 5.41) is 9.51. The van der Waals surface area contributed by atoms with Crippen LogP contribution in [0.1, 0.15) is 16.2 Å². The van der Waals surface area contributed by atoms with Crippen LogP contribution in [0.4, 0.5) is 13.9 Å². The van der Waals surface area contributed by atoms with E-state index >= 15 is 0 Å². The van der Waals surface area contributed by atoms with Gasteiger partial charge in [0.2, 0.25) is 0 Å². The van der Waals surface area contributed by atoms with Gasteiger partial charge >= 0.3 is 0 Å². The van der Waals surface area contributed by atoms with E-state index in [4.69, 9.17) is 4.74 Å². The van der Waals surface area contributed by atoms with Crippen molar-refractivity contribution >= 4 is 28.0 Å². The minimum absolute atomic E-state index is 0.184. The molecular formula is C21H18F2N6O2S. The Labute approximate surface area is 185 Å². The van der Waals surface area contributed by atoms with Crippen LogP contribution in [0.25, 0.3) is 16.9 Å². The first-order valence-corrected chi connectivity index (χ1v) is 10.8. The highest BCUT2D eigenvalue weighted by Gasteiger charge is 2.17. The molecule has 0 saturated carbocycles. The van der Waals surface area contributed by atoms with E-state index in [1.807, 2.05) is 5.38 Å². The molecule has 0 radical (unpaired) electrons. The SMILES string of the molecule is O=C(Nc1nc(CN2CCOCC2)cs1)c1cnc2ccc(-c3cc(F)cc(F)c3)nn12. The lowest BCUT2D eigenvalue weighted by Crippen LogP contribution is -2.35. The van der Waals surface area contributed by atoms with E-state index in [0.717, 1.165) is 24.8 Å². The third-order valence-electron chi connectivity index (χ3n) is 5.01. The van der Waals surface area contributed by atoms with Crippen LogP contribution in [0.5, 0.6) is 0 Å². The summed E-state index contributed by atoms with van der Waals surface area (Å²) in [6, 6.07) is 6.38. The highest BCUT2D eigenvalue weighted by atomic mass is 32.1. The van der Waals surface area contributed by atoms with Gasteiger partial charge in [0.15, 0.2) is 16.5 Å². The zero-order valence-corrected chi connectivity index (χ0v) is 17.6. The fourth-order valence-electron chi connectivity index (χ4n) is 3.47. The summed E-state index contributed by atoms with van der Waals surface area (Å²) in [5.41, 5.74) is 2.06. The van der Waals surface area contributed by atoms with E-state index in [1.54, 1.807) is 12.1 Å². The van der Waals surface area contributed by atoms with Crippen LogP contribution >= 0.6 is 11.3 Å². The number of carbonyl (C=O) groups excluding carboxylic acids is 1. The molecule has 1 amide bonds. The van der Waals surface area contributed by atoms with Crippen LogP contribution in [0.2, 0.25) is 0 Å². The molecule has 164 valence electrons. The van der Waals surface area contributed by atoms with E-state index in [-0.39, 0.29) is 11.3 Å². The quantitative estimate of drug-likeness (QED) is 0.497. The van der Waals surface area contributed by atoms with Gasteiger partial charge in [0.05, 0.1) is 30.8 Å². The molecule has 3 aromatic heterocycles. The van der Waals surface area contributed by atoms with Crippen LogP contribution in [-0.2, 0) is 11.3 Å². The van der Waals surface area contributed by atoms with Gasteiger partial charge in [0, 0.05) is 36.6 Å². The second-order valence-corrected chi connectivity index (χ2v) is 8.13. The first-order chi connectivity index (χ1) is 15.5. The van der Waals surface area contributed by atoms with Crippen molar-refractivity contribution in [3.8, 4) is 11.3 Å². The molecule has 1 fully saturated rings. The molecular weight excluding hydrogens is 438 g/mol. The van der Waals surface area contributed by atoms with Crippen molar-refractivity contribution in [2.24, 2.45) is 0 Å². The average molecular weight is 456 g/mol. The maximum atomic E-state index is 13.6. The zero-order chi connectivity index (χ0) is 22.1. The third kappa shape index (κ3) is 4.35. The summed E-state index contributed by atoms with van der Waals surface area (Å²) < 4.78 is 33.9. The van der Waals surface area contributed by atoms with Crippen molar-refractivity contribution in [1.82, 2.24) is 24.5 Å². The number of rotatable bonds is 5. The topological polar surface area (TPSA) is 84.7 Å². The number of hydrogen-bond donors (Lipinski definition) is 1. The Bertz CT molecular complexity index is 1260. The molecule has 0 atom stereocenters. The lowest BCUT2D eigenvalue weighted by Gasteiger charge is -2.25. The highest BCUT2D eigenvalue weighted by Crippen LogP contribution is 2.22. The predicted molar refractivity (Wildman–Crippen MR) is 115 cm³/mol. The number of imidazole rings is 1. The summed E-state index contributed by atoms with van der Waals surface area (Å²) in [6.45, 7) is 3.81. The molecule has 0 spiro atoms. The smallest absolute Gasteiger partial charge is 0.277 e. The number of morpholine rings is 1. The molecule has 8 nitrogen and oxygen atoms in total. The molecule has 11 heteroatoms. The van der Waals surface area contributed by atoms with Crippen molar-refractivity contribution in [3.05, 3.63) is 64.9 Å². The largest absolute Gasteiger partial charge is 0.379 e. The third-order valence-corrected chi connectivity index (χ3v) is 5.82. The first kappa shape index (κ1) is 20.6. The van der Waals surface area contributed by atoms with Gasteiger partial charge in [-0.05, 0) is 24.3 Å². The molecule has 1 N–H and O–H groups in total. The van der Waals surface area contributed by atoms with Crippen molar-refractivity contribution in [1.29, 1.82) is 0 Å². The fourth-order valence-corrected chi connectivity index (χ4v) is 4.17. The van der Waals surface area contributed by atoms with Gasteiger partial charge in [0.1, 0.15) is 11.6 Å². The Kier molecular flexibility index (Phi) is 5.60. The fraction of sp³-hybridized carbons (Fsp3) is 0.238. The molecule has 1 aliphatic rings. The summed E-state index contributed by atoms with van der Waals surface area (Å²) in [6.07, 6.45) is 1.40. The number of nitrogens with zero attached hydrogens (tertiary/aromatic N) is 5. The average Bonchev–Trinajstić information content (AvgIpc) is 3.40. The second kappa shape index (κ2) is 8.69. The molecule has 0 unspecified atom stereocenters. The van der Waals surface area contributed by atoms with Crippen LogP contribution in [0.15, 0.2) is 41.9 Å². The number of halogens is 2. The minimum Gasteiger partial charge on any atom is -0.379 e. The Morgan fingerprint density at radius 3 is 2.72 bits per heavy atom. The molecule has 4 heterocycles. The van der Waals surface area contributed by atoms with Gasteiger partial charge in [-0.25, -0.2) is 23.3 Å². The molecule has 1 aromatic carbocycles. The maximum Gasteiger partial charge on any atom is 0.277 e. The van der Waals surface area contributed by atoms with Crippen LogP contribution in [-0.4, -0.2) is 56.7 Å². The van der Waals surface area contributed by atoms with Crippen LogP contribution in [0.3, 0.4) is 0 Å². The van der Waals surface area contributed by atoms with Gasteiger partial charge in [-0.2, -0.15) is 5.10 Å². The number of benzene rings is 1. The Morgan fingerprint density at radius 2 is 1.94 bits per heavy atom. The van der Waals surface area contributed by atoms with E-state index in [2.05, 4.69) is 25.3 Å². The molecule has 5 rings (SSSR count). The molecule has 1 aliphatic heterocycles. The van der Waals surface area contributed by atoms with Crippen molar-refractivity contribution in [2.45, 2.75) is 6.54 Å². The maximum absolute atomic E-state index is 13.6. The molecule has 0 bridgehead atoms. The van der Waals surface area contributed by atoms with Gasteiger partial charge in [0.25, 0.3) is 5.91 Å². The number of nitrogens with one attached hydrogen (secondary N) is 1. The number of carbonyl (C=O) groups is 1. The number of hydrogen-bond acceptors (Lipinski definition) is 7. The Balaban J connectivity index is 1.35. The number of thiazole rings is 1. The highest BCUT2D eigenvalue weighted by molar-refractivity contribution is 7.13. The Hall–Kier alpha value is -3.28. The molecule has 32 heavy (non-hydrogen) atoms. The second-order valence-electron chi connectivity index (χ2n) is 7.28. The normalized spacial score (nSPS) is 14.7. The number of fused-ring (bicyclic) bond motifs is 1. The van der Waals surface area contributed by atoms with Crippen LogP contribution in [0, 0.1) is 11.6 Å². The monoisotopic (exact) mass is 456 g/mol. The first-order valence-electron chi connectivity index (χ1n) is 9.92. The van der Waals surface area contributed by atoms with Gasteiger partial charge < -0.3 is 4.74 Å². The van der Waals surface area contributed by atoms with Crippen molar-refractivity contribution in [3.63, 3.8) is 0 Å². The van der Waals surface area contributed by atoms with E-state index in [9.17, 15) is 13.6 Å². The molecule has 0 aliphatic carbocycles. The molecule has 4 aromatic rings. The molecule has 1 saturated heterocycles. The van der Waals surface area contributed by atoms with E-state index in [0.29, 0.717) is 36.2 Å². The predicted octanol–water partition coefficient (Wildman–Crippen LogP) is 3.22. The van der Waals surface area contributed by atoms with Gasteiger partial charge in [-0.15, -0.1) is 11.3 Å². The number of amides is 1. The van der Waals surface area contributed by atoms with E-state index < -0.39 is 17.5 Å². The van der Waals surface area contributed by atoms with E-state index in [1.165, 1.54) is 34.2 Å². The lowest BCUT2D eigenvalue weighted by atomic mass is 10.1. The zero-order valence-electron chi connectivity index (χ0n) is 16.8. The van der Waals surface area contributed by atoms with Crippen LogP contribution < -0.4 is 5.32 Å². The number of aromatic nitrogens is 4. The van der Waals surface area contributed by atoms with Crippen molar-refractivity contribution in [2.75, 3.05) is 31.6 Å². The standard InChI is InChI=1S/C21H18F2N6O2S/c22-14-7-13(8-15(23)9-14)17-1-2-19-24-10-18(29(19)27-17)20(30)26-21-25-16(12-32-21)11-28-3-5-31-6-4-28/h1-2,7-10,12H,3-6,11H2,(H,25,26,30). The number of anilines is 1. The van der Waals surface area contributed by atoms with Gasteiger partial charge in [-0.3, -0.25) is 15.0 Å². The lowest BCUT2D eigenvalue weighted by molar-refractivity contribution is 0.0337. The summed E-state index contributed by atoms with van der Waals surface area (Å²) in [5.74, 6) is -1.84. The summed E-state index contributed by atoms with van der Waals surface area (Å²) in [7, 11) is 0. The summed E-state index contributed by atoms with van der Waals surface area (Å²) in [4.78, 5) is 23.8.